The third-order valence-electron chi connectivity index (χ3n) is 5.80. The maximum atomic E-state index is 13.9. The molecule has 3 aromatic carbocycles. The molecule has 0 saturated heterocycles. The number of ketones is 2. The highest BCUT2D eigenvalue weighted by molar-refractivity contribution is 9.10. The molecule has 0 saturated carbocycles. The zero-order valence-corrected chi connectivity index (χ0v) is 18.2. The van der Waals surface area contributed by atoms with E-state index >= 15 is 0 Å². The van der Waals surface area contributed by atoms with Gasteiger partial charge in [0, 0.05) is 20.5 Å². The van der Waals surface area contributed by atoms with Crippen molar-refractivity contribution in [3.05, 3.63) is 110 Å². The van der Waals surface area contributed by atoms with E-state index in [1.165, 1.54) is 7.11 Å². The van der Waals surface area contributed by atoms with Crippen LogP contribution in [0, 0.1) is 10.1 Å². The van der Waals surface area contributed by atoms with Gasteiger partial charge in [-0.1, -0.05) is 64.5 Å². The standard InChI is InChI=1S/C24H18BrNO5/c1-31-18-12-8-16(9-13-18)24(22(27)19-4-2-3-5-20(19)23(24)28)21(14-26(29)30)15-6-10-17(25)11-7-15/h2-13,21H,14H2,1H3/t21-/m1/s1. The summed E-state index contributed by atoms with van der Waals surface area (Å²) in [5, 5.41) is 11.7. The number of Topliss-reactive ketones (excluding diaryl/α,β-unsaturated/α-hetero) is 2. The van der Waals surface area contributed by atoms with Crippen LogP contribution in [0.5, 0.6) is 5.75 Å². The van der Waals surface area contributed by atoms with E-state index in [0.717, 1.165) is 4.47 Å². The lowest BCUT2D eigenvalue weighted by Crippen LogP contribution is -2.46. The first-order valence-corrected chi connectivity index (χ1v) is 10.4. The summed E-state index contributed by atoms with van der Waals surface area (Å²) < 4.78 is 6.01. The lowest BCUT2D eigenvalue weighted by atomic mass is 9.64. The number of benzene rings is 3. The van der Waals surface area contributed by atoms with E-state index in [0.29, 0.717) is 16.9 Å². The number of hydrogen-bond donors (Lipinski definition) is 0. The fourth-order valence-electron chi connectivity index (χ4n) is 4.38. The van der Waals surface area contributed by atoms with Crippen molar-refractivity contribution in [2.45, 2.75) is 11.3 Å². The highest BCUT2D eigenvalue weighted by Crippen LogP contribution is 2.49. The van der Waals surface area contributed by atoms with Crippen molar-refractivity contribution >= 4 is 27.5 Å². The van der Waals surface area contributed by atoms with Gasteiger partial charge in [0.15, 0.2) is 11.6 Å². The number of methoxy groups -OCH3 is 1. The molecule has 0 unspecified atom stereocenters. The second-order valence-corrected chi connectivity index (χ2v) is 8.28. The number of nitro groups is 1. The third-order valence-corrected chi connectivity index (χ3v) is 6.33. The van der Waals surface area contributed by atoms with Crippen LogP contribution in [0.1, 0.15) is 37.8 Å². The summed E-state index contributed by atoms with van der Waals surface area (Å²) >= 11 is 3.37. The van der Waals surface area contributed by atoms with Crippen molar-refractivity contribution in [1.82, 2.24) is 0 Å². The highest BCUT2D eigenvalue weighted by Gasteiger charge is 2.60. The second-order valence-electron chi connectivity index (χ2n) is 7.36. The first-order chi connectivity index (χ1) is 14.9. The van der Waals surface area contributed by atoms with E-state index in [-0.39, 0.29) is 11.1 Å². The molecule has 6 nitrogen and oxygen atoms in total. The summed E-state index contributed by atoms with van der Waals surface area (Å²) in [5.41, 5.74) is -0.210. The van der Waals surface area contributed by atoms with Crippen LogP contribution < -0.4 is 4.74 Å². The molecule has 31 heavy (non-hydrogen) atoms. The second kappa shape index (κ2) is 8.07. The molecule has 0 N–H and O–H groups in total. The Morgan fingerprint density at radius 3 is 1.97 bits per heavy atom. The SMILES string of the molecule is COc1ccc(C2([C@H](C[N+](=O)[O-])c3ccc(Br)cc3)C(=O)c3ccccc3C2=O)cc1. The van der Waals surface area contributed by atoms with Crippen LogP contribution in [0.4, 0.5) is 0 Å². The number of halogens is 1. The van der Waals surface area contributed by atoms with Crippen LogP contribution >= 0.6 is 15.9 Å². The van der Waals surface area contributed by atoms with Gasteiger partial charge in [-0.25, -0.2) is 0 Å². The van der Waals surface area contributed by atoms with Gasteiger partial charge in [-0.2, -0.15) is 0 Å². The molecule has 0 aromatic heterocycles. The summed E-state index contributed by atoms with van der Waals surface area (Å²) in [6.07, 6.45) is 0. The number of ether oxygens (including phenoxy) is 1. The summed E-state index contributed by atoms with van der Waals surface area (Å²) in [4.78, 5) is 39.0. The number of nitrogens with zero attached hydrogens (tertiary/aromatic N) is 1. The van der Waals surface area contributed by atoms with Crippen LogP contribution in [-0.2, 0) is 5.41 Å². The normalized spacial score (nSPS) is 15.4. The molecule has 7 heteroatoms. The van der Waals surface area contributed by atoms with Crippen LogP contribution in [0.2, 0.25) is 0 Å². The van der Waals surface area contributed by atoms with Gasteiger partial charge in [0.2, 0.25) is 6.54 Å². The van der Waals surface area contributed by atoms with Gasteiger partial charge >= 0.3 is 0 Å². The molecule has 156 valence electrons. The first kappa shape index (κ1) is 20.9. The fourth-order valence-corrected chi connectivity index (χ4v) is 4.64. The summed E-state index contributed by atoms with van der Waals surface area (Å²) in [7, 11) is 1.52. The van der Waals surface area contributed by atoms with Crippen molar-refractivity contribution in [1.29, 1.82) is 0 Å². The smallest absolute Gasteiger partial charge is 0.212 e. The first-order valence-electron chi connectivity index (χ1n) is 9.60. The monoisotopic (exact) mass is 479 g/mol. The van der Waals surface area contributed by atoms with Crippen molar-refractivity contribution in [3.63, 3.8) is 0 Å². The van der Waals surface area contributed by atoms with E-state index in [1.54, 1.807) is 72.8 Å². The maximum absolute atomic E-state index is 13.9. The van der Waals surface area contributed by atoms with Gasteiger partial charge in [0.25, 0.3) is 0 Å². The molecule has 3 aromatic rings. The maximum Gasteiger partial charge on any atom is 0.212 e. The molecule has 0 fully saturated rings. The van der Waals surface area contributed by atoms with Crippen LogP contribution in [0.15, 0.2) is 77.3 Å². The van der Waals surface area contributed by atoms with Gasteiger partial charge in [-0.15, -0.1) is 0 Å². The number of fused-ring (bicyclic) bond motifs is 1. The predicted octanol–water partition coefficient (Wildman–Crippen LogP) is 4.84. The zero-order valence-electron chi connectivity index (χ0n) is 16.6. The highest BCUT2D eigenvalue weighted by atomic mass is 79.9. The Morgan fingerprint density at radius 2 is 1.48 bits per heavy atom. The Morgan fingerprint density at radius 1 is 0.935 bits per heavy atom. The molecule has 4 rings (SSSR count). The van der Waals surface area contributed by atoms with Gasteiger partial charge in [0.1, 0.15) is 11.2 Å². The average molecular weight is 480 g/mol. The molecule has 1 aliphatic carbocycles. The van der Waals surface area contributed by atoms with Gasteiger partial charge in [0.05, 0.1) is 13.0 Å². The topological polar surface area (TPSA) is 86.5 Å². The van der Waals surface area contributed by atoms with Crippen LogP contribution in [0.25, 0.3) is 0 Å². The molecule has 0 amide bonds. The lowest BCUT2D eigenvalue weighted by molar-refractivity contribution is -0.484. The average Bonchev–Trinajstić information content (AvgIpc) is 3.01. The summed E-state index contributed by atoms with van der Waals surface area (Å²) in [6, 6.07) is 20.1. The molecule has 0 aliphatic heterocycles. The van der Waals surface area contributed by atoms with Crippen molar-refractivity contribution in [2.24, 2.45) is 0 Å². The van der Waals surface area contributed by atoms with E-state index in [9.17, 15) is 19.7 Å². The van der Waals surface area contributed by atoms with Crippen molar-refractivity contribution in [2.75, 3.05) is 13.7 Å². The Hall–Kier alpha value is -3.32. The molecule has 0 spiro atoms. The summed E-state index contributed by atoms with van der Waals surface area (Å²) in [5.74, 6) is -1.28. The van der Waals surface area contributed by atoms with Gasteiger partial charge < -0.3 is 4.74 Å². The number of hydrogen-bond acceptors (Lipinski definition) is 5. The molecule has 0 heterocycles. The molecular formula is C24H18BrNO5. The molecule has 0 bridgehead atoms. The zero-order chi connectivity index (χ0) is 22.2. The van der Waals surface area contributed by atoms with Crippen LogP contribution in [-0.4, -0.2) is 30.1 Å². The third kappa shape index (κ3) is 3.35. The predicted molar refractivity (Wildman–Crippen MR) is 119 cm³/mol. The minimum absolute atomic E-state index is 0.286. The Kier molecular flexibility index (Phi) is 5.45. The van der Waals surface area contributed by atoms with Crippen LogP contribution in [0.3, 0.4) is 0 Å². The minimum atomic E-state index is -1.74. The van der Waals surface area contributed by atoms with E-state index in [1.807, 2.05) is 0 Å². The minimum Gasteiger partial charge on any atom is -0.497 e. The quantitative estimate of drug-likeness (QED) is 0.287. The Bertz CT molecular complexity index is 1140. The van der Waals surface area contributed by atoms with Gasteiger partial charge in [-0.05, 0) is 35.4 Å². The molecule has 1 atom stereocenters. The number of carbonyl (C=O) groups is 2. The van der Waals surface area contributed by atoms with E-state index in [2.05, 4.69) is 15.9 Å². The lowest BCUT2D eigenvalue weighted by Gasteiger charge is -2.33. The molecular weight excluding hydrogens is 462 g/mol. The largest absolute Gasteiger partial charge is 0.497 e. The summed E-state index contributed by atoms with van der Waals surface area (Å²) in [6.45, 7) is -0.570. The Balaban J connectivity index is 2.01. The number of rotatable bonds is 6. The molecule has 1 aliphatic rings. The fraction of sp³-hybridized carbons (Fsp3) is 0.167. The van der Waals surface area contributed by atoms with Crippen molar-refractivity contribution < 1.29 is 19.2 Å². The number of carbonyl (C=O) groups excluding carboxylic acids is 2. The molecule has 0 radical (unpaired) electrons. The van der Waals surface area contributed by atoms with Crippen molar-refractivity contribution in [3.8, 4) is 5.75 Å². The van der Waals surface area contributed by atoms with E-state index < -0.39 is 34.4 Å². The van der Waals surface area contributed by atoms with Gasteiger partial charge in [-0.3, -0.25) is 19.7 Å². The Labute approximate surface area is 187 Å². The van der Waals surface area contributed by atoms with E-state index in [4.69, 9.17) is 4.74 Å².